The lowest BCUT2D eigenvalue weighted by Gasteiger charge is -2.09. The Morgan fingerprint density at radius 2 is 1.90 bits per heavy atom. The van der Waals surface area contributed by atoms with Gasteiger partial charge in [0.2, 0.25) is 0 Å². The molecule has 7 heteroatoms. The third kappa shape index (κ3) is 3.07. The highest BCUT2D eigenvalue weighted by molar-refractivity contribution is 6.34. The highest BCUT2D eigenvalue weighted by Gasteiger charge is 2.15. The van der Waals surface area contributed by atoms with Crippen molar-refractivity contribution in [2.24, 2.45) is 0 Å². The van der Waals surface area contributed by atoms with Gasteiger partial charge in [-0.1, -0.05) is 23.2 Å². The lowest BCUT2D eigenvalue weighted by atomic mass is 10.1. The van der Waals surface area contributed by atoms with Gasteiger partial charge in [-0.05, 0) is 24.3 Å². The van der Waals surface area contributed by atoms with Gasteiger partial charge < -0.3 is 10.4 Å². The number of rotatable bonds is 3. The smallest absolute Gasteiger partial charge is 0.337 e. The molecule has 5 nitrogen and oxygen atoms in total. The molecular weight excluding hydrogens is 303 g/mol. The molecule has 1 aromatic carbocycles. The number of nitrogens with zero attached hydrogens (tertiary/aromatic N) is 1. The van der Waals surface area contributed by atoms with Gasteiger partial charge in [0.05, 0.1) is 21.8 Å². The number of carbonyl (C=O) groups is 2. The number of carbonyl (C=O) groups excluding carboxylic acids is 1. The molecule has 0 aliphatic heterocycles. The summed E-state index contributed by atoms with van der Waals surface area (Å²) in [5, 5.41) is 12.0. The first-order valence-corrected chi connectivity index (χ1v) is 6.18. The Morgan fingerprint density at radius 3 is 2.55 bits per heavy atom. The predicted octanol–water partition coefficient (Wildman–Crippen LogP) is 3.34. The maximum Gasteiger partial charge on any atom is 0.337 e. The summed E-state index contributed by atoms with van der Waals surface area (Å²) < 4.78 is 0. The Balaban J connectivity index is 2.35. The van der Waals surface area contributed by atoms with E-state index in [0.717, 1.165) is 0 Å². The molecule has 1 aromatic heterocycles. The number of amides is 1. The van der Waals surface area contributed by atoms with Crippen molar-refractivity contribution < 1.29 is 14.7 Å². The lowest BCUT2D eigenvalue weighted by Crippen LogP contribution is -2.15. The van der Waals surface area contributed by atoms with Gasteiger partial charge in [0.15, 0.2) is 0 Å². The molecule has 0 aliphatic rings. The molecule has 0 saturated carbocycles. The van der Waals surface area contributed by atoms with Crippen LogP contribution >= 0.6 is 23.2 Å². The SMILES string of the molecule is O=C(Nc1cc(Cl)ccc1C(=O)O)c1ccncc1Cl. The largest absolute Gasteiger partial charge is 0.478 e. The molecule has 2 aromatic rings. The maximum absolute atomic E-state index is 12.1. The van der Waals surface area contributed by atoms with Crippen molar-refractivity contribution in [1.82, 2.24) is 4.98 Å². The molecule has 0 spiro atoms. The van der Waals surface area contributed by atoms with Gasteiger partial charge in [-0.2, -0.15) is 0 Å². The summed E-state index contributed by atoms with van der Waals surface area (Å²) in [5.74, 6) is -1.71. The second-order valence-corrected chi connectivity index (χ2v) is 4.65. The number of anilines is 1. The third-order valence-corrected chi connectivity index (χ3v) is 3.01. The zero-order valence-electron chi connectivity index (χ0n) is 9.93. The van der Waals surface area contributed by atoms with Crippen molar-refractivity contribution in [3.05, 3.63) is 57.8 Å². The van der Waals surface area contributed by atoms with Crippen LogP contribution in [0.15, 0.2) is 36.7 Å². The number of pyridine rings is 1. The monoisotopic (exact) mass is 310 g/mol. The number of carboxylic acids is 1. The Bertz CT molecular complexity index is 689. The van der Waals surface area contributed by atoms with E-state index in [-0.39, 0.29) is 21.8 Å². The number of hydrogen-bond donors (Lipinski definition) is 2. The fraction of sp³-hybridized carbons (Fsp3) is 0. The number of aromatic nitrogens is 1. The van der Waals surface area contributed by atoms with E-state index in [1.165, 1.54) is 36.7 Å². The predicted molar refractivity (Wildman–Crippen MR) is 75.6 cm³/mol. The highest BCUT2D eigenvalue weighted by atomic mass is 35.5. The summed E-state index contributed by atoms with van der Waals surface area (Å²) in [6, 6.07) is 5.54. The molecule has 0 saturated heterocycles. The topological polar surface area (TPSA) is 79.3 Å². The number of benzene rings is 1. The first kappa shape index (κ1) is 14.3. The number of halogens is 2. The Morgan fingerprint density at radius 1 is 1.15 bits per heavy atom. The molecule has 0 fully saturated rings. The van der Waals surface area contributed by atoms with Crippen LogP contribution in [0.1, 0.15) is 20.7 Å². The van der Waals surface area contributed by atoms with E-state index in [9.17, 15) is 9.59 Å². The molecule has 102 valence electrons. The Labute approximate surface area is 124 Å². The third-order valence-electron chi connectivity index (χ3n) is 2.48. The van der Waals surface area contributed by atoms with Crippen LogP contribution in [0.3, 0.4) is 0 Å². The lowest BCUT2D eigenvalue weighted by molar-refractivity contribution is 0.0698. The van der Waals surface area contributed by atoms with Crippen LogP contribution in [0.5, 0.6) is 0 Å². The number of aromatic carboxylic acids is 1. The van der Waals surface area contributed by atoms with Gasteiger partial charge in [-0.3, -0.25) is 9.78 Å². The van der Waals surface area contributed by atoms with Crippen LogP contribution in [0.4, 0.5) is 5.69 Å². The summed E-state index contributed by atoms with van der Waals surface area (Å²) in [5.41, 5.74) is 0.230. The molecular formula is C13H8Cl2N2O3. The van der Waals surface area contributed by atoms with Crippen molar-refractivity contribution in [3.63, 3.8) is 0 Å². The Hall–Kier alpha value is -2.11. The second-order valence-electron chi connectivity index (χ2n) is 3.80. The first-order chi connectivity index (χ1) is 9.49. The van der Waals surface area contributed by atoms with Gasteiger partial charge in [0.25, 0.3) is 5.91 Å². The summed E-state index contributed by atoms with van der Waals surface area (Å²) in [4.78, 5) is 26.9. The molecule has 2 N–H and O–H groups in total. The quantitative estimate of drug-likeness (QED) is 0.911. The van der Waals surface area contributed by atoms with E-state index in [0.29, 0.717) is 5.02 Å². The molecule has 1 amide bonds. The summed E-state index contributed by atoms with van der Waals surface area (Å²) >= 11 is 11.7. The van der Waals surface area contributed by atoms with Crippen molar-refractivity contribution >= 4 is 40.8 Å². The van der Waals surface area contributed by atoms with Crippen molar-refractivity contribution in [2.45, 2.75) is 0 Å². The number of hydrogen-bond acceptors (Lipinski definition) is 3. The van der Waals surface area contributed by atoms with Gasteiger partial charge in [-0.15, -0.1) is 0 Å². The zero-order valence-corrected chi connectivity index (χ0v) is 11.4. The minimum absolute atomic E-state index is 0.0621. The molecule has 0 bridgehead atoms. The molecule has 0 atom stereocenters. The summed E-state index contributed by atoms with van der Waals surface area (Å²) in [6.07, 6.45) is 2.74. The van der Waals surface area contributed by atoms with Crippen LogP contribution in [0, 0.1) is 0 Å². The first-order valence-electron chi connectivity index (χ1n) is 5.42. The minimum atomic E-state index is -1.17. The van der Waals surface area contributed by atoms with Crippen LogP contribution < -0.4 is 5.32 Å². The average Bonchev–Trinajstić information content (AvgIpc) is 2.38. The van der Waals surface area contributed by atoms with E-state index in [1.54, 1.807) is 0 Å². The van der Waals surface area contributed by atoms with Gasteiger partial charge in [-0.25, -0.2) is 4.79 Å². The maximum atomic E-state index is 12.1. The fourth-order valence-electron chi connectivity index (χ4n) is 1.56. The van der Waals surface area contributed by atoms with Gasteiger partial charge >= 0.3 is 5.97 Å². The van der Waals surface area contributed by atoms with Crippen LogP contribution in [0.25, 0.3) is 0 Å². The summed E-state index contributed by atoms with van der Waals surface area (Å²) in [7, 11) is 0. The van der Waals surface area contributed by atoms with Crippen LogP contribution in [-0.2, 0) is 0 Å². The van der Waals surface area contributed by atoms with Crippen molar-refractivity contribution in [1.29, 1.82) is 0 Å². The second kappa shape index (κ2) is 5.90. The van der Waals surface area contributed by atoms with Gasteiger partial charge in [0.1, 0.15) is 0 Å². The van der Waals surface area contributed by atoms with Crippen molar-refractivity contribution in [3.8, 4) is 0 Å². The zero-order chi connectivity index (χ0) is 14.7. The molecule has 1 heterocycles. The standard InChI is InChI=1S/C13H8Cl2N2O3/c14-7-1-2-9(13(19)20)11(5-7)17-12(18)8-3-4-16-6-10(8)15/h1-6H,(H,17,18)(H,19,20). The van der Waals surface area contributed by atoms with Crippen molar-refractivity contribution in [2.75, 3.05) is 5.32 Å². The van der Waals surface area contributed by atoms with E-state index >= 15 is 0 Å². The van der Waals surface area contributed by atoms with E-state index in [2.05, 4.69) is 10.3 Å². The minimum Gasteiger partial charge on any atom is -0.478 e. The van der Waals surface area contributed by atoms with E-state index in [4.69, 9.17) is 28.3 Å². The number of nitrogens with one attached hydrogen (secondary N) is 1. The summed E-state index contributed by atoms with van der Waals surface area (Å²) in [6.45, 7) is 0. The highest BCUT2D eigenvalue weighted by Crippen LogP contribution is 2.23. The van der Waals surface area contributed by atoms with E-state index in [1.807, 2.05) is 0 Å². The Kier molecular flexibility index (Phi) is 4.22. The average molecular weight is 311 g/mol. The molecule has 20 heavy (non-hydrogen) atoms. The molecule has 0 radical (unpaired) electrons. The molecule has 2 rings (SSSR count). The van der Waals surface area contributed by atoms with Crippen LogP contribution in [0.2, 0.25) is 10.0 Å². The normalized spacial score (nSPS) is 10.1. The number of carboxylic acid groups (broad SMARTS) is 1. The molecule has 0 aliphatic carbocycles. The van der Waals surface area contributed by atoms with Gasteiger partial charge in [0, 0.05) is 17.4 Å². The molecule has 0 unspecified atom stereocenters. The fourth-order valence-corrected chi connectivity index (χ4v) is 1.93. The van der Waals surface area contributed by atoms with Crippen LogP contribution in [-0.4, -0.2) is 22.0 Å². The van der Waals surface area contributed by atoms with E-state index < -0.39 is 11.9 Å².